The zero-order valence-electron chi connectivity index (χ0n) is 6.86. The van der Waals surface area contributed by atoms with Crippen molar-refractivity contribution in [3.63, 3.8) is 0 Å². The van der Waals surface area contributed by atoms with Crippen molar-refractivity contribution in [2.45, 2.75) is 11.6 Å². The molecule has 1 rings (SSSR count). The minimum absolute atomic E-state index is 0.902. The fourth-order valence-corrected chi connectivity index (χ4v) is 1.01. The van der Waals surface area contributed by atoms with Gasteiger partial charge in [-0.05, 0) is 20.2 Å². The summed E-state index contributed by atoms with van der Waals surface area (Å²) in [6, 6.07) is 1.89. The average Bonchev–Trinajstić information content (AvgIpc) is 2.31. The van der Waals surface area contributed by atoms with Gasteiger partial charge in [-0.2, -0.15) is 5.10 Å². The molecule has 1 heterocycles. The molecular formula is C7H13N3S. The fourth-order valence-electron chi connectivity index (χ4n) is 0.793. The Balaban J connectivity index is 2.44. The number of likely N-dealkylation sites (N-methyl/N-ethyl adjacent to an activating group) is 1. The number of rotatable bonds is 3. The molecule has 0 N–H and O–H groups in total. The lowest BCUT2D eigenvalue weighted by atomic mass is 10.6. The van der Waals surface area contributed by atoms with Gasteiger partial charge in [0.25, 0.3) is 0 Å². The van der Waals surface area contributed by atoms with Crippen LogP contribution < -0.4 is 0 Å². The lowest BCUT2D eigenvalue weighted by Crippen LogP contribution is -2.19. The molecule has 0 atom stereocenters. The molecule has 0 spiro atoms. The van der Waals surface area contributed by atoms with Gasteiger partial charge in [0, 0.05) is 6.54 Å². The Labute approximate surface area is 72.4 Å². The Hall–Kier alpha value is -0.480. The van der Waals surface area contributed by atoms with Crippen LogP contribution in [0.1, 0.15) is 0 Å². The topological polar surface area (TPSA) is 21.1 Å². The van der Waals surface area contributed by atoms with E-state index >= 15 is 0 Å². The summed E-state index contributed by atoms with van der Waals surface area (Å²) in [6.45, 7) is 1.90. The van der Waals surface area contributed by atoms with E-state index in [2.05, 4.69) is 22.6 Å². The molecule has 3 nitrogen and oxygen atoms in total. The molecule has 1 aromatic rings. The van der Waals surface area contributed by atoms with Gasteiger partial charge >= 0.3 is 0 Å². The number of hydrogen-bond acceptors (Lipinski definition) is 3. The summed E-state index contributed by atoms with van der Waals surface area (Å²) in [6.07, 6.45) is 1.76. The molecule has 0 radical (unpaired) electrons. The van der Waals surface area contributed by atoms with Gasteiger partial charge < -0.3 is 4.90 Å². The van der Waals surface area contributed by atoms with E-state index < -0.39 is 0 Å². The van der Waals surface area contributed by atoms with Gasteiger partial charge in [0.2, 0.25) is 0 Å². The van der Waals surface area contributed by atoms with Crippen LogP contribution in [0, 0.1) is 0 Å². The van der Waals surface area contributed by atoms with E-state index in [1.165, 1.54) is 0 Å². The quantitative estimate of drug-likeness (QED) is 0.677. The molecule has 0 aliphatic heterocycles. The lowest BCUT2D eigenvalue weighted by molar-refractivity contribution is 0.365. The summed E-state index contributed by atoms with van der Waals surface area (Å²) in [5.41, 5.74) is 0. The van der Waals surface area contributed by atoms with Crippen molar-refractivity contribution in [2.24, 2.45) is 0 Å². The predicted molar refractivity (Wildman–Crippen MR) is 48.0 cm³/mol. The molecular weight excluding hydrogens is 158 g/mol. The van der Waals surface area contributed by atoms with E-state index in [1.807, 2.05) is 24.8 Å². The highest BCUT2D eigenvalue weighted by Crippen LogP contribution is 2.02. The number of thiol groups is 1. The Kier molecular flexibility index (Phi) is 2.96. The zero-order valence-corrected chi connectivity index (χ0v) is 7.75. The van der Waals surface area contributed by atoms with Gasteiger partial charge in [0.15, 0.2) is 0 Å². The van der Waals surface area contributed by atoms with Crippen LogP contribution in [-0.2, 0) is 6.54 Å². The van der Waals surface area contributed by atoms with E-state index in [0.717, 1.165) is 18.1 Å². The van der Waals surface area contributed by atoms with Gasteiger partial charge in [0.1, 0.15) is 0 Å². The molecule has 1 aromatic heterocycles. The van der Waals surface area contributed by atoms with Crippen molar-refractivity contribution in [3.8, 4) is 0 Å². The van der Waals surface area contributed by atoms with Gasteiger partial charge in [-0.15, -0.1) is 12.6 Å². The first-order valence-corrected chi connectivity index (χ1v) is 4.00. The summed E-state index contributed by atoms with van der Waals surface area (Å²) >= 11 is 4.23. The van der Waals surface area contributed by atoms with Crippen LogP contribution in [0.15, 0.2) is 17.3 Å². The van der Waals surface area contributed by atoms with Crippen molar-refractivity contribution in [1.82, 2.24) is 14.7 Å². The van der Waals surface area contributed by atoms with Crippen LogP contribution in [0.5, 0.6) is 0 Å². The van der Waals surface area contributed by atoms with Crippen LogP contribution >= 0.6 is 12.6 Å². The minimum Gasteiger partial charge on any atom is -0.308 e. The second kappa shape index (κ2) is 3.78. The molecule has 0 unspecified atom stereocenters. The van der Waals surface area contributed by atoms with Crippen molar-refractivity contribution >= 4 is 12.6 Å². The molecule has 0 aliphatic carbocycles. The zero-order chi connectivity index (χ0) is 8.27. The van der Waals surface area contributed by atoms with Crippen LogP contribution in [0.3, 0.4) is 0 Å². The third-order valence-corrected chi connectivity index (χ3v) is 1.83. The molecule has 0 saturated carbocycles. The predicted octanol–water partition coefficient (Wildman–Crippen LogP) is 0.733. The van der Waals surface area contributed by atoms with Crippen molar-refractivity contribution in [2.75, 3.05) is 20.6 Å². The second-order valence-electron chi connectivity index (χ2n) is 2.72. The molecule has 0 aliphatic rings. The molecule has 0 fully saturated rings. The summed E-state index contributed by atoms with van der Waals surface area (Å²) in [5, 5.41) is 5.02. The largest absolute Gasteiger partial charge is 0.308 e. The molecule has 62 valence electrons. The average molecular weight is 171 g/mol. The van der Waals surface area contributed by atoms with Crippen LogP contribution in [0.25, 0.3) is 0 Å². The molecule has 0 bridgehead atoms. The highest BCUT2D eigenvalue weighted by Gasteiger charge is 1.96. The smallest absolute Gasteiger partial charge is 0.0909 e. The molecule has 0 amide bonds. The van der Waals surface area contributed by atoms with Gasteiger partial charge in [0.05, 0.1) is 17.8 Å². The highest BCUT2D eigenvalue weighted by atomic mass is 32.1. The minimum atomic E-state index is 0.902. The van der Waals surface area contributed by atoms with E-state index in [4.69, 9.17) is 0 Å². The summed E-state index contributed by atoms with van der Waals surface area (Å²) in [5.74, 6) is 0. The third-order valence-electron chi connectivity index (χ3n) is 1.45. The maximum absolute atomic E-state index is 4.23. The molecule has 11 heavy (non-hydrogen) atoms. The number of hydrogen-bond donors (Lipinski definition) is 1. The van der Waals surface area contributed by atoms with E-state index in [9.17, 15) is 0 Å². The molecule has 4 heteroatoms. The number of aromatic nitrogens is 2. The Morgan fingerprint density at radius 1 is 1.64 bits per heavy atom. The Morgan fingerprint density at radius 3 is 2.82 bits per heavy atom. The normalized spacial score (nSPS) is 10.9. The fraction of sp³-hybridized carbons (Fsp3) is 0.571. The van der Waals surface area contributed by atoms with E-state index in [1.54, 1.807) is 6.20 Å². The SMILES string of the molecule is CN(C)CCn1nccc1S. The standard InChI is InChI=1S/C7H13N3S/c1-9(2)5-6-10-7(11)3-4-8-10/h3-4,11H,5-6H2,1-2H3. The monoisotopic (exact) mass is 171 g/mol. The van der Waals surface area contributed by atoms with Crippen LogP contribution in [0.4, 0.5) is 0 Å². The van der Waals surface area contributed by atoms with Crippen molar-refractivity contribution in [3.05, 3.63) is 12.3 Å². The first-order valence-electron chi connectivity index (χ1n) is 3.55. The Morgan fingerprint density at radius 2 is 2.36 bits per heavy atom. The van der Waals surface area contributed by atoms with Crippen molar-refractivity contribution < 1.29 is 0 Å². The van der Waals surface area contributed by atoms with Gasteiger partial charge in [-0.25, -0.2) is 0 Å². The van der Waals surface area contributed by atoms with Crippen molar-refractivity contribution in [1.29, 1.82) is 0 Å². The summed E-state index contributed by atoms with van der Waals surface area (Å²) in [7, 11) is 4.09. The van der Waals surface area contributed by atoms with Gasteiger partial charge in [-0.1, -0.05) is 0 Å². The summed E-state index contributed by atoms with van der Waals surface area (Å²) < 4.78 is 1.88. The lowest BCUT2D eigenvalue weighted by Gasteiger charge is -2.09. The van der Waals surface area contributed by atoms with Crippen LogP contribution in [-0.4, -0.2) is 35.3 Å². The molecule has 0 saturated heterocycles. The highest BCUT2D eigenvalue weighted by molar-refractivity contribution is 7.80. The maximum atomic E-state index is 4.23. The van der Waals surface area contributed by atoms with Gasteiger partial charge in [-0.3, -0.25) is 4.68 Å². The summed E-state index contributed by atoms with van der Waals surface area (Å²) in [4.78, 5) is 2.12. The van der Waals surface area contributed by atoms with E-state index in [0.29, 0.717) is 0 Å². The Bertz CT molecular complexity index is 219. The number of nitrogens with zero attached hydrogens (tertiary/aromatic N) is 3. The van der Waals surface area contributed by atoms with Crippen LogP contribution in [0.2, 0.25) is 0 Å². The first kappa shape index (κ1) is 8.62. The molecule has 0 aromatic carbocycles. The maximum Gasteiger partial charge on any atom is 0.0909 e. The first-order chi connectivity index (χ1) is 5.20. The van der Waals surface area contributed by atoms with E-state index in [-0.39, 0.29) is 0 Å². The second-order valence-corrected chi connectivity index (χ2v) is 3.17. The third kappa shape index (κ3) is 2.55.